The third-order valence-corrected chi connectivity index (χ3v) is 6.17. The Morgan fingerprint density at radius 3 is 2.66 bits per heavy atom. The van der Waals surface area contributed by atoms with Crippen molar-refractivity contribution >= 4 is 10.9 Å². The highest BCUT2D eigenvalue weighted by Gasteiger charge is 2.22. The molecule has 1 aliphatic heterocycles. The molecule has 164 valence electrons. The quantitative estimate of drug-likeness (QED) is 0.477. The van der Waals surface area contributed by atoms with Gasteiger partial charge in [-0.25, -0.2) is 9.37 Å². The molecule has 1 fully saturated rings. The van der Waals surface area contributed by atoms with Crippen molar-refractivity contribution in [3.8, 4) is 17.1 Å². The Labute approximate surface area is 187 Å². The van der Waals surface area contributed by atoms with Crippen molar-refractivity contribution < 1.29 is 9.13 Å². The van der Waals surface area contributed by atoms with E-state index >= 15 is 0 Å². The van der Waals surface area contributed by atoms with Crippen LogP contribution in [-0.2, 0) is 13.7 Å². The SMILES string of the molecule is Cc1cc2cc(F)ccc2nc1-c1ccc(COc2nn(C)cc2C2CCNCC2)cc1. The molecule has 0 unspecified atom stereocenters. The highest BCUT2D eigenvalue weighted by Crippen LogP contribution is 2.32. The second-order valence-electron chi connectivity index (χ2n) is 8.56. The van der Waals surface area contributed by atoms with Crippen molar-refractivity contribution in [2.75, 3.05) is 13.1 Å². The van der Waals surface area contributed by atoms with Gasteiger partial charge in [0, 0.05) is 29.8 Å². The molecule has 1 aliphatic rings. The number of ether oxygens (including phenoxy) is 1. The van der Waals surface area contributed by atoms with E-state index in [9.17, 15) is 4.39 Å². The third kappa shape index (κ3) is 4.23. The highest BCUT2D eigenvalue weighted by molar-refractivity contribution is 5.83. The van der Waals surface area contributed by atoms with Crippen LogP contribution in [0, 0.1) is 12.7 Å². The zero-order chi connectivity index (χ0) is 22.1. The van der Waals surface area contributed by atoms with Crippen LogP contribution in [0.15, 0.2) is 54.7 Å². The van der Waals surface area contributed by atoms with Crippen LogP contribution in [0.4, 0.5) is 4.39 Å². The number of pyridine rings is 1. The molecule has 0 saturated carbocycles. The molecule has 2 aromatic carbocycles. The number of hydrogen-bond donors (Lipinski definition) is 1. The van der Waals surface area contributed by atoms with Crippen LogP contribution in [0.3, 0.4) is 0 Å². The molecule has 0 atom stereocenters. The minimum atomic E-state index is -0.244. The summed E-state index contributed by atoms with van der Waals surface area (Å²) in [5, 5.41) is 8.78. The topological polar surface area (TPSA) is 52.0 Å². The largest absolute Gasteiger partial charge is 0.472 e. The number of nitrogens with zero attached hydrogens (tertiary/aromatic N) is 3. The number of benzene rings is 2. The average Bonchev–Trinajstić information content (AvgIpc) is 3.19. The first-order chi connectivity index (χ1) is 15.6. The third-order valence-electron chi connectivity index (χ3n) is 6.17. The number of fused-ring (bicyclic) bond motifs is 1. The lowest BCUT2D eigenvalue weighted by Crippen LogP contribution is -2.26. The molecule has 0 aliphatic carbocycles. The molecule has 3 heterocycles. The van der Waals surface area contributed by atoms with E-state index in [0.717, 1.165) is 65.1 Å². The maximum atomic E-state index is 13.5. The maximum Gasteiger partial charge on any atom is 0.236 e. The fraction of sp³-hybridized carbons (Fsp3) is 0.308. The van der Waals surface area contributed by atoms with Crippen molar-refractivity contribution in [3.63, 3.8) is 0 Å². The van der Waals surface area contributed by atoms with Crippen molar-refractivity contribution in [2.45, 2.75) is 32.3 Å². The molecule has 0 radical (unpaired) electrons. The van der Waals surface area contributed by atoms with E-state index in [2.05, 4.69) is 40.9 Å². The van der Waals surface area contributed by atoms with Crippen molar-refractivity contribution in [1.82, 2.24) is 20.1 Å². The number of rotatable bonds is 5. The van der Waals surface area contributed by atoms with E-state index in [-0.39, 0.29) is 5.82 Å². The molecule has 32 heavy (non-hydrogen) atoms. The molecule has 5 rings (SSSR count). The first-order valence-corrected chi connectivity index (χ1v) is 11.1. The van der Waals surface area contributed by atoms with Crippen molar-refractivity contribution in [3.05, 3.63) is 77.2 Å². The van der Waals surface area contributed by atoms with Crippen LogP contribution in [-0.4, -0.2) is 27.9 Å². The molecular weight excluding hydrogens is 403 g/mol. The molecule has 5 nitrogen and oxygen atoms in total. The summed E-state index contributed by atoms with van der Waals surface area (Å²) >= 11 is 0. The van der Waals surface area contributed by atoms with Crippen LogP contribution < -0.4 is 10.1 Å². The number of aryl methyl sites for hydroxylation is 2. The second kappa shape index (κ2) is 8.71. The normalized spacial score (nSPS) is 14.7. The molecule has 1 saturated heterocycles. The summed E-state index contributed by atoms with van der Waals surface area (Å²) in [7, 11) is 1.94. The average molecular weight is 431 g/mol. The molecule has 0 spiro atoms. The van der Waals surface area contributed by atoms with Gasteiger partial charge in [-0.3, -0.25) is 4.68 Å². The molecule has 6 heteroatoms. The zero-order valence-corrected chi connectivity index (χ0v) is 18.4. The zero-order valence-electron chi connectivity index (χ0n) is 18.4. The maximum absolute atomic E-state index is 13.5. The first kappa shape index (κ1) is 20.6. The van der Waals surface area contributed by atoms with E-state index < -0.39 is 0 Å². The van der Waals surface area contributed by atoms with Gasteiger partial charge in [0.25, 0.3) is 0 Å². The van der Waals surface area contributed by atoms with Crippen LogP contribution in [0.2, 0.25) is 0 Å². The van der Waals surface area contributed by atoms with Gasteiger partial charge in [-0.15, -0.1) is 5.10 Å². The number of hydrogen-bond acceptors (Lipinski definition) is 4. The Bertz CT molecular complexity index is 1240. The van der Waals surface area contributed by atoms with Crippen molar-refractivity contribution in [2.24, 2.45) is 7.05 Å². The minimum absolute atomic E-state index is 0.244. The van der Waals surface area contributed by atoms with Crippen molar-refractivity contribution in [1.29, 1.82) is 0 Å². The minimum Gasteiger partial charge on any atom is -0.472 e. The Kier molecular flexibility index (Phi) is 5.62. The predicted molar refractivity (Wildman–Crippen MR) is 124 cm³/mol. The van der Waals surface area contributed by atoms with Crippen LogP contribution in [0.25, 0.3) is 22.2 Å². The smallest absolute Gasteiger partial charge is 0.236 e. The van der Waals surface area contributed by atoms with Gasteiger partial charge >= 0.3 is 0 Å². The fourth-order valence-electron chi connectivity index (χ4n) is 4.47. The van der Waals surface area contributed by atoms with E-state index in [4.69, 9.17) is 9.72 Å². The molecule has 0 bridgehead atoms. The van der Waals surface area contributed by atoms with Gasteiger partial charge in [0.2, 0.25) is 5.88 Å². The predicted octanol–water partition coefficient (Wildman–Crippen LogP) is 5.13. The summed E-state index contributed by atoms with van der Waals surface area (Å²) in [4.78, 5) is 4.76. The van der Waals surface area contributed by atoms with Crippen LogP contribution in [0.1, 0.15) is 35.4 Å². The van der Waals surface area contributed by atoms with E-state index in [1.807, 2.05) is 24.7 Å². The summed E-state index contributed by atoms with van der Waals surface area (Å²) in [5.74, 6) is 0.993. The highest BCUT2D eigenvalue weighted by atomic mass is 19.1. The lowest BCUT2D eigenvalue weighted by molar-refractivity contribution is 0.284. The Morgan fingerprint density at radius 2 is 1.88 bits per heavy atom. The molecule has 1 N–H and O–H groups in total. The molecular formula is C26H27FN4O. The van der Waals surface area contributed by atoms with Gasteiger partial charge in [-0.1, -0.05) is 24.3 Å². The Balaban J connectivity index is 1.32. The Hall–Kier alpha value is -3.25. The summed E-state index contributed by atoms with van der Waals surface area (Å²) in [6, 6.07) is 14.9. The lowest BCUT2D eigenvalue weighted by Gasteiger charge is -2.22. The van der Waals surface area contributed by atoms with E-state index in [1.54, 1.807) is 6.07 Å². The molecule has 4 aromatic rings. The number of nitrogens with one attached hydrogen (secondary N) is 1. The molecule has 0 amide bonds. The van der Waals surface area contributed by atoms with Gasteiger partial charge < -0.3 is 10.1 Å². The number of halogens is 1. The van der Waals surface area contributed by atoms with Crippen LogP contribution >= 0.6 is 0 Å². The standard InChI is InChI=1S/C26H27FN4O/c1-17-13-21-14-22(27)7-8-24(21)29-25(17)20-5-3-18(4-6-20)16-32-26-23(15-31(2)30-26)19-9-11-28-12-10-19/h3-8,13-15,19,28H,9-12,16H2,1-2H3. The van der Waals surface area contributed by atoms with E-state index in [0.29, 0.717) is 12.5 Å². The summed E-state index contributed by atoms with van der Waals surface area (Å²) in [5.41, 5.74) is 6.04. The monoisotopic (exact) mass is 430 g/mol. The van der Waals surface area contributed by atoms with Gasteiger partial charge in [0.15, 0.2) is 0 Å². The lowest BCUT2D eigenvalue weighted by atomic mass is 9.92. The summed E-state index contributed by atoms with van der Waals surface area (Å²) in [6.07, 6.45) is 4.32. The Morgan fingerprint density at radius 1 is 1.09 bits per heavy atom. The molecule has 2 aromatic heterocycles. The second-order valence-corrected chi connectivity index (χ2v) is 8.56. The summed E-state index contributed by atoms with van der Waals surface area (Å²) < 4.78 is 21.5. The summed E-state index contributed by atoms with van der Waals surface area (Å²) in [6.45, 7) is 4.56. The van der Waals surface area contributed by atoms with Gasteiger partial charge in [-0.05, 0) is 74.2 Å². The number of piperidine rings is 1. The van der Waals surface area contributed by atoms with Gasteiger partial charge in [-0.2, -0.15) is 0 Å². The van der Waals surface area contributed by atoms with Gasteiger partial charge in [0.1, 0.15) is 12.4 Å². The van der Waals surface area contributed by atoms with Crippen LogP contribution in [0.5, 0.6) is 5.88 Å². The first-order valence-electron chi connectivity index (χ1n) is 11.1. The number of aromatic nitrogens is 3. The fourth-order valence-corrected chi connectivity index (χ4v) is 4.47. The van der Waals surface area contributed by atoms with Gasteiger partial charge in [0.05, 0.1) is 11.2 Å². The van der Waals surface area contributed by atoms with E-state index in [1.165, 1.54) is 17.7 Å².